The van der Waals surface area contributed by atoms with Crippen LogP contribution >= 0.6 is 0 Å². The van der Waals surface area contributed by atoms with Gasteiger partial charge in [-0.15, -0.1) is 0 Å². The van der Waals surface area contributed by atoms with E-state index in [2.05, 4.69) is 25.5 Å². The van der Waals surface area contributed by atoms with Gasteiger partial charge in [0.1, 0.15) is 0 Å². The van der Waals surface area contributed by atoms with Gasteiger partial charge in [-0.2, -0.15) is 0 Å². The number of nitrogens with zero attached hydrogens (tertiary/aromatic N) is 1. The Bertz CT molecular complexity index is 893. The van der Waals surface area contributed by atoms with Crippen molar-refractivity contribution < 1.29 is 13.2 Å². The molecule has 170 valence electrons. The van der Waals surface area contributed by atoms with Crippen molar-refractivity contribution in [3.63, 3.8) is 0 Å². The van der Waals surface area contributed by atoms with Gasteiger partial charge in [0.15, 0.2) is 0 Å². The van der Waals surface area contributed by atoms with E-state index in [1.54, 1.807) is 18.4 Å². The normalized spacial score (nSPS) is 27.6. The fourth-order valence-corrected chi connectivity index (χ4v) is 5.81. The second-order valence-electron chi connectivity index (χ2n) is 10.1. The van der Waals surface area contributed by atoms with Crippen LogP contribution in [0.15, 0.2) is 16.9 Å². The molecule has 1 saturated carbocycles. The van der Waals surface area contributed by atoms with Gasteiger partial charge in [-0.3, -0.25) is 4.79 Å². The predicted molar refractivity (Wildman–Crippen MR) is 120 cm³/mol. The molecule has 2 atom stereocenters. The first-order valence-corrected chi connectivity index (χ1v) is 13.0. The number of rotatable bonds is 6. The number of aromatic nitrogens is 1. The van der Waals surface area contributed by atoms with Gasteiger partial charge in [-0.05, 0) is 69.8 Å². The van der Waals surface area contributed by atoms with Crippen LogP contribution in [-0.4, -0.2) is 37.5 Å². The zero-order chi connectivity index (χ0) is 22.1. The number of aryl methyl sites for hydroxylation is 2. The van der Waals surface area contributed by atoms with Crippen LogP contribution in [0.2, 0.25) is 0 Å². The highest BCUT2D eigenvalue weighted by Crippen LogP contribution is 2.39. The highest BCUT2D eigenvalue weighted by Gasteiger charge is 2.35. The molecule has 0 saturated heterocycles. The number of pyridine rings is 1. The van der Waals surface area contributed by atoms with Crippen LogP contribution in [0.25, 0.3) is 0 Å². The van der Waals surface area contributed by atoms with Crippen LogP contribution in [0.5, 0.6) is 0 Å². The van der Waals surface area contributed by atoms with Crippen LogP contribution in [0.1, 0.15) is 77.1 Å². The lowest BCUT2D eigenvalue weighted by Crippen LogP contribution is -2.50. The fraction of sp³-hybridized carbons (Fsp3) is 0.783. The molecule has 7 heteroatoms. The molecule has 0 radical (unpaired) electrons. The molecule has 30 heavy (non-hydrogen) atoms. The van der Waals surface area contributed by atoms with E-state index in [0.29, 0.717) is 36.3 Å². The van der Waals surface area contributed by atoms with Crippen LogP contribution in [-0.2, 0) is 21.2 Å². The second kappa shape index (κ2) is 9.13. The van der Waals surface area contributed by atoms with Crippen molar-refractivity contribution in [2.75, 3.05) is 12.4 Å². The Balaban J connectivity index is 1.77. The Morgan fingerprint density at radius 3 is 2.40 bits per heavy atom. The quantitative estimate of drug-likeness (QED) is 0.736. The van der Waals surface area contributed by atoms with Crippen molar-refractivity contribution in [1.82, 2.24) is 9.29 Å². The number of sulfonamides is 1. The lowest BCUT2D eigenvalue weighted by atomic mass is 9.72. The van der Waals surface area contributed by atoms with Crippen molar-refractivity contribution in [2.45, 2.75) is 91.3 Å². The Kier molecular flexibility index (Phi) is 7.15. The highest BCUT2D eigenvalue weighted by atomic mass is 32.2. The van der Waals surface area contributed by atoms with Gasteiger partial charge in [-0.1, -0.05) is 26.8 Å². The van der Waals surface area contributed by atoms with E-state index in [-0.39, 0.29) is 29.5 Å². The van der Waals surface area contributed by atoms with Crippen molar-refractivity contribution in [2.24, 2.45) is 11.3 Å². The van der Waals surface area contributed by atoms with Crippen molar-refractivity contribution in [1.29, 1.82) is 0 Å². The summed E-state index contributed by atoms with van der Waals surface area (Å²) >= 11 is 0. The number of ether oxygens (including phenoxy) is 1. The maximum Gasteiger partial charge on any atom is 0.254 e. The summed E-state index contributed by atoms with van der Waals surface area (Å²) in [6.45, 7) is 10.7. The Hall–Kier alpha value is -1.18. The summed E-state index contributed by atoms with van der Waals surface area (Å²) in [5.41, 5.74) is 1.91. The molecule has 1 aromatic rings. The minimum absolute atomic E-state index is 0.0312. The maximum atomic E-state index is 12.9. The topological polar surface area (TPSA) is 77.4 Å². The largest absolute Gasteiger partial charge is 0.376 e. The summed E-state index contributed by atoms with van der Waals surface area (Å²) in [5.74, 6) is 0.742. The van der Waals surface area contributed by atoms with E-state index in [1.807, 2.05) is 12.1 Å². The summed E-state index contributed by atoms with van der Waals surface area (Å²) in [5, 5.41) is 0. The molecular weight excluding hydrogens is 400 g/mol. The van der Waals surface area contributed by atoms with E-state index in [0.717, 1.165) is 31.4 Å². The van der Waals surface area contributed by atoms with E-state index in [1.165, 1.54) is 0 Å². The minimum Gasteiger partial charge on any atom is -0.376 e. The third-order valence-electron chi connectivity index (χ3n) is 7.01. The number of hydrogen-bond acceptors (Lipinski definition) is 4. The third-order valence-corrected chi connectivity index (χ3v) is 8.43. The maximum absolute atomic E-state index is 12.9. The summed E-state index contributed by atoms with van der Waals surface area (Å²) in [7, 11) is -3.37. The Labute approximate surface area is 181 Å². The molecule has 2 aliphatic rings. The Morgan fingerprint density at radius 1 is 1.13 bits per heavy atom. The lowest BCUT2D eigenvalue weighted by molar-refractivity contribution is -0.0170. The zero-order valence-electron chi connectivity index (χ0n) is 19.1. The first kappa shape index (κ1) is 23.5. The molecule has 2 unspecified atom stereocenters. The molecule has 6 nitrogen and oxygen atoms in total. The van der Waals surface area contributed by atoms with Gasteiger partial charge in [0.05, 0.1) is 24.5 Å². The van der Waals surface area contributed by atoms with Gasteiger partial charge < -0.3 is 9.30 Å². The summed E-state index contributed by atoms with van der Waals surface area (Å²) < 4.78 is 35.5. The van der Waals surface area contributed by atoms with E-state index >= 15 is 0 Å². The van der Waals surface area contributed by atoms with Crippen molar-refractivity contribution in [3.8, 4) is 0 Å². The highest BCUT2D eigenvalue weighted by molar-refractivity contribution is 7.89. The monoisotopic (exact) mass is 438 g/mol. The fourth-order valence-electron chi connectivity index (χ4n) is 4.91. The molecule has 3 rings (SSSR count). The smallest absolute Gasteiger partial charge is 0.254 e. The molecule has 0 aromatic carbocycles. The minimum atomic E-state index is -3.37. The molecule has 0 amide bonds. The van der Waals surface area contributed by atoms with Crippen LogP contribution in [0, 0.1) is 18.3 Å². The molecule has 1 aromatic heterocycles. The molecule has 2 heterocycles. The molecule has 1 aliphatic carbocycles. The second-order valence-corrected chi connectivity index (χ2v) is 12.1. The molecular formula is C23H38N2O4S. The van der Waals surface area contributed by atoms with Crippen LogP contribution in [0.3, 0.4) is 0 Å². The number of nitrogens with one attached hydrogen (secondary N) is 1. The lowest BCUT2D eigenvalue weighted by Gasteiger charge is -2.39. The van der Waals surface area contributed by atoms with Crippen molar-refractivity contribution >= 4 is 10.0 Å². The molecule has 0 spiro atoms. The van der Waals surface area contributed by atoms with Gasteiger partial charge in [0.25, 0.3) is 5.56 Å². The third kappa shape index (κ3) is 5.35. The number of hydrogen-bond donors (Lipinski definition) is 1. The molecule has 1 N–H and O–H groups in total. The average molecular weight is 439 g/mol. The van der Waals surface area contributed by atoms with E-state index in [9.17, 15) is 13.2 Å². The number of fused-ring (bicyclic) bond motifs is 1. The molecule has 0 bridgehead atoms. The van der Waals surface area contributed by atoms with Crippen LogP contribution in [0.4, 0.5) is 0 Å². The van der Waals surface area contributed by atoms with E-state index < -0.39 is 10.0 Å². The first-order valence-electron chi connectivity index (χ1n) is 11.3. The molecule has 1 aliphatic heterocycles. The summed E-state index contributed by atoms with van der Waals surface area (Å²) in [4.78, 5) is 12.9. The van der Waals surface area contributed by atoms with Gasteiger partial charge >= 0.3 is 0 Å². The van der Waals surface area contributed by atoms with Gasteiger partial charge in [-0.25, -0.2) is 13.1 Å². The van der Waals surface area contributed by atoms with Crippen LogP contribution < -0.4 is 10.3 Å². The van der Waals surface area contributed by atoms with Gasteiger partial charge in [0.2, 0.25) is 10.0 Å². The Morgan fingerprint density at radius 2 is 1.80 bits per heavy atom. The standard InChI is InChI=1S/C23H38N2O4S/c1-6-30(27,28)24-20-14-11-18-10-7-16(2)22(26)25(18)21(20)15-29-19-12-8-17(9-13-19)23(3,4)5/h7,10,17,19-21,24H,6,8-9,11-15H2,1-5H3. The van der Waals surface area contributed by atoms with Gasteiger partial charge in [0, 0.05) is 17.3 Å². The SMILES string of the molecule is CCS(=O)(=O)NC1CCc2ccc(C)c(=O)n2C1COC1CCC(C(C)(C)C)CC1. The average Bonchev–Trinajstić information content (AvgIpc) is 2.69. The summed E-state index contributed by atoms with van der Waals surface area (Å²) in [6, 6.07) is 3.20. The van der Waals surface area contributed by atoms with E-state index in [4.69, 9.17) is 4.74 Å². The zero-order valence-corrected chi connectivity index (χ0v) is 19.9. The molecule has 1 fully saturated rings. The first-order chi connectivity index (χ1) is 14.0. The summed E-state index contributed by atoms with van der Waals surface area (Å²) in [6.07, 6.45) is 5.89. The predicted octanol–water partition coefficient (Wildman–Crippen LogP) is 3.57. The van der Waals surface area contributed by atoms with Crippen molar-refractivity contribution in [3.05, 3.63) is 33.7 Å².